The highest BCUT2D eigenvalue weighted by Gasteiger charge is 2.37. The van der Waals surface area contributed by atoms with Gasteiger partial charge < -0.3 is 9.84 Å². The summed E-state index contributed by atoms with van der Waals surface area (Å²) in [4.78, 5) is 2.84. The molecule has 2 rings (SSSR count). The first-order valence-corrected chi connectivity index (χ1v) is 6.15. The fraction of sp³-hybridized carbons (Fsp3) is 1.00. The van der Waals surface area contributed by atoms with Crippen LogP contribution in [0.2, 0.25) is 0 Å². The van der Waals surface area contributed by atoms with Gasteiger partial charge in [0, 0.05) is 4.91 Å². The molecule has 0 amide bonds. The van der Waals surface area contributed by atoms with Gasteiger partial charge in [-0.05, 0) is 17.9 Å². The molecule has 16 heavy (non-hydrogen) atoms. The highest BCUT2D eigenvalue weighted by Crippen LogP contribution is 2.30. The summed E-state index contributed by atoms with van der Waals surface area (Å²) in [6, 6.07) is -0.305. The zero-order valence-electron chi connectivity index (χ0n) is 9.46. The first-order chi connectivity index (χ1) is 7.81. The Hall–Kier alpha value is -0.770. The summed E-state index contributed by atoms with van der Waals surface area (Å²) in [6.45, 7) is 0.600. The van der Waals surface area contributed by atoms with Gasteiger partial charge in [-0.1, -0.05) is 37.2 Å². The molecule has 1 saturated carbocycles. The molecule has 0 bridgehead atoms. The summed E-state index contributed by atoms with van der Waals surface area (Å²) in [5.74, 6) is 0.609. The van der Waals surface area contributed by atoms with Crippen molar-refractivity contribution >= 4 is 0 Å². The van der Waals surface area contributed by atoms with Crippen molar-refractivity contribution in [3.05, 3.63) is 10.4 Å². The quantitative estimate of drug-likeness (QED) is 0.337. The third kappa shape index (κ3) is 3.11. The fourth-order valence-corrected chi connectivity index (χ4v) is 2.59. The summed E-state index contributed by atoms with van der Waals surface area (Å²) in [6.07, 6.45) is 6.36. The van der Waals surface area contributed by atoms with Gasteiger partial charge in [0.25, 0.3) is 0 Å². The van der Waals surface area contributed by atoms with Crippen molar-refractivity contribution in [2.75, 3.05) is 6.61 Å². The molecule has 1 aliphatic heterocycles. The Morgan fingerprint density at radius 2 is 2.06 bits per heavy atom. The van der Waals surface area contributed by atoms with Crippen LogP contribution < -0.4 is 0 Å². The second kappa shape index (κ2) is 5.53. The summed E-state index contributed by atoms with van der Waals surface area (Å²) < 4.78 is 5.05. The number of aliphatic hydroxyl groups excluding tert-OH is 1. The average molecular weight is 225 g/mol. The van der Waals surface area contributed by atoms with Gasteiger partial charge in [0.2, 0.25) is 0 Å². The van der Waals surface area contributed by atoms with Crippen LogP contribution in [0.3, 0.4) is 0 Å². The van der Waals surface area contributed by atoms with E-state index in [1.165, 1.54) is 32.1 Å². The molecule has 0 radical (unpaired) electrons. The van der Waals surface area contributed by atoms with Crippen molar-refractivity contribution in [1.29, 1.82) is 0 Å². The van der Waals surface area contributed by atoms with Gasteiger partial charge in [-0.15, -0.1) is 0 Å². The minimum atomic E-state index is -0.613. The predicted molar refractivity (Wildman–Crippen MR) is 59.9 cm³/mol. The zero-order chi connectivity index (χ0) is 11.4. The summed E-state index contributed by atoms with van der Waals surface area (Å²) in [5.41, 5.74) is 8.52. The first kappa shape index (κ1) is 11.7. The van der Waals surface area contributed by atoms with Gasteiger partial charge in [0.1, 0.15) is 6.10 Å². The predicted octanol–water partition coefficient (Wildman–Crippen LogP) is 2.40. The van der Waals surface area contributed by atoms with Gasteiger partial charge in [-0.2, -0.15) is 0 Å². The monoisotopic (exact) mass is 225 g/mol. The van der Waals surface area contributed by atoms with E-state index in [2.05, 4.69) is 10.0 Å². The van der Waals surface area contributed by atoms with Gasteiger partial charge in [0.05, 0.1) is 18.8 Å². The van der Waals surface area contributed by atoms with Crippen LogP contribution in [-0.2, 0) is 4.74 Å². The van der Waals surface area contributed by atoms with Crippen LogP contribution in [0.5, 0.6) is 0 Å². The molecule has 1 aliphatic carbocycles. The topological polar surface area (TPSA) is 81.5 Å². The van der Waals surface area contributed by atoms with Crippen LogP contribution >= 0.6 is 0 Å². The number of rotatable bonds is 5. The van der Waals surface area contributed by atoms with Crippen LogP contribution in [0.4, 0.5) is 0 Å². The first-order valence-electron chi connectivity index (χ1n) is 6.15. The largest absolute Gasteiger partial charge is 0.390 e. The minimum Gasteiger partial charge on any atom is -0.390 e. The van der Waals surface area contributed by atoms with Crippen LogP contribution in [0, 0.1) is 5.92 Å². The molecule has 0 aromatic rings. The van der Waals surface area contributed by atoms with E-state index in [0.717, 1.165) is 6.42 Å². The van der Waals surface area contributed by atoms with E-state index in [-0.39, 0.29) is 12.1 Å². The molecule has 0 unspecified atom stereocenters. The Balaban J connectivity index is 1.87. The number of epoxide rings is 1. The van der Waals surface area contributed by atoms with Crippen molar-refractivity contribution in [3.63, 3.8) is 0 Å². The normalized spacial score (nSPS) is 29.2. The van der Waals surface area contributed by atoms with E-state index in [9.17, 15) is 5.11 Å². The molecule has 0 aromatic heterocycles. The fourth-order valence-electron chi connectivity index (χ4n) is 2.59. The van der Waals surface area contributed by atoms with Crippen LogP contribution in [-0.4, -0.2) is 30.0 Å². The zero-order valence-corrected chi connectivity index (χ0v) is 9.46. The summed E-state index contributed by atoms with van der Waals surface area (Å²) in [7, 11) is 0. The SMILES string of the molecule is [N-]=[N+]=N[C@@H](CC1CCCCC1)[C@@H](O)[C@@H]1CO1. The summed E-state index contributed by atoms with van der Waals surface area (Å²) in [5, 5.41) is 13.7. The summed E-state index contributed by atoms with van der Waals surface area (Å²) >= 11 is 0. The standard InChI is InChI=1S/C11H19N3O2/c12-14-13-9(11(15)10-7-16-10)6-8-4-2-1-3-5-8/h8-11,15H,1-7H2/t9-,10-,11+/m0/s1. The number of hydrogen-bond acceptors (Lipinski definition) is 3. The average Bonchev–Trinajstić information content (AvgIpc) is 3.13. The smallest absolute Gasteiger partial charge is 0.107 e. The van der Waals surface area contributed by atoms with Gasteiger partial charge in [-0.3, -0.25) is 0 Å². The molecule has 5 nitrogen and oxygen atoms in total. The van der Waals surface area contributed by atoms with E-state index >= 15 is 0 Å². The second-order valence-electron chi connectivity index (χ2n) is 4.87. The Bertz CT molecular complexity index is 268. The molecule has 5 heteroatoms. The van der Waals surface area contributed by atoms with Crippen molar-refractivity contribution in [2.24, 2.45) is 11.0 Å². The maximum Gasteiger partial charge on any atom is 0.107 e. The molecule has 0 spiro atoms. The Kier molecular flexibility index (Phi) is 4.04. The molecule has 1 saturated heterocycles. The lowest BCUT2D eigenvalue weighted by Gasteiger charge is -2.26. The lowest BCUT2D eigenvalue weighted by Crippen LogP contribution is -2.31. The maximum atomic E-state index is 9.92. The molecule has 0 aromatic carbocycles. The van der Waals surface area contributed by atoms with Crippen LogP contribution in [0.15, 0.2) is 5.11 Å². The van der Waals surface area contributed by atoms with Crippen molar-refractivity contribution in [3.8, 4) is 0 Å². The van der Waals surface area contributed by atoms with E-state index in [1.807, 2.05) is 0 Å². The van der Waals surface area contributed by atoms with E-state index < -0.39 is 6.10 Å². The van der Waals surface area contributed by atoms with Gasteiger partial charge in [-0.25, -0.2) is 0 Å². The number of ether oxygens (including phenoxy) is 1. The molecule has 90 valence electrons. The van der Waals surface area contributed by atoms with Gasteiger partial charge >= 0.3 is 0 Å². The number of hydrogen-bond donors (Lipinski definition) is 1. The molecule has 2 aliphatic rings. The van der Waals surface area contributed by atoms with Crippen LogP contribution in [0.25, 0.3) is 10.4 Å². The molecule has 1 N–H and O–H groups in total. The number of aliphatic hydroxyl groups is 1. The maximum absolute atomic E-state index is 9.92. The van der Waals surface area contributed by atoms with E-state index in [0.29, 0.717) is 12.5 Å². The third-order valence-electron chi connectivity index (χ3n) is 3.63. The lowest BCUT2D eigenvalue weighted by atomic mass is 9.83. The lowest BCUT2D eigenvalue weighted by molar-refractivity contribution is 0.0959. The Labute approximate surface area is 95.4 Å². The van der Waals surface area contributed by atoms with E-state index in [4.69, 9.17) is 10.3 Å². The molecule has 1 heterocycles. The Morgan fingerprint density at radius 1 is 1.38 bits per heavy atom. The highest BCUT2D eigenvalue weighted by molar-refractivity contribution is 4.90. The molecular formula is C11H19N3O2. The van der Waals surface area contributed by atoms with Crippen molar-refractivity contribution < 1.29 is 9.84 Å². The third-order valence-corrected chi connectivity index (χ3v) is 3.63. The van der Waals surface area contributed by atoms with Crippen LogP contribution in [0.1, 0.15) is 38.5 Å². The molecule has 2 fully saturated rings. The minimum absolute atomic E-state index is 0.0981. The van der Waals surface area contributed by atoms with Gasteiger partial charge in [0.15, 0.2) is 0 Å². The van der Waals surface area contributed by atoms with Crippen molar-refractivity contribution in [2.45, 2.75) is 56.8 Å². The number of azide groups is 1. The second-order valence-corrected chi connectivity index (χ2v) is 4.87. The Morgan fingerprint density at radius 3 is 2.62 bits per heavy atom. The molecular weight excluding hydrogens is 206 g/mol. The molecule has 3 atom stereocenters. The van der Waals surface area contributed by atoms with Crippen molar-refractivity contribution in [1.82, 2.24) is 0 Å². The van der Waals surface area contributed by atoms with E-state index in [1.54, 1.807) is 0 Å². The number of nitrogens with zero attached hydrogens (tertiary/aromatic N) is 3. The highest BCUT2D eigenvalue weighted by atomic mass is 16.6.